The van der Waals surface area contributed by atoms with Crippen molar-refractivity contribution >= 4 is 12.4 Å². The first-order valence-electron chi connectivity index (χ1n) is 3.55. The molecule has 1 rings (SSSR count). The second-order valence-corrected chi connectivity index (χ2v) is 3.52. The zero-order valence-electron chi connectivity index (χ0n) is 6.96. The van der Waals surface area contributed by atoms with E-state index in [4.69, 9.17) is 10.5 Å². The Morgan fingerprint density at radius 1 is 1.55 bits per heavy atom. The summed E-state index contributed by atoms with van der Waals surface area (Å²) in [5.41, 5.74) is 4.50. The quantitative estimate of drug-likeness (QED) is 0.612. The van der Waals surface area contributed by atoms with E-state index >= 15 is 0 Å². The molecule has 0 aromatic rings. The van der Waals surface area contributed by atoms with Gasteiger partial charge in [-0.05, 0) is 20.3 Å². The summed E-state index contributed by atoms with van der Waals surface area (Å²) in [6.07, 6.45) is 0.747. The van der Waals surface area contributed by atoms with Gasteiger partial charge in [-0.2, -0.15) is 0 Å². The van der Waals surface area contributed by atoms with Crippen LogP contribution in [0.15, 0.2) is 0 Å². The summed E-state index contributed by atoms with van der Waals surface area (Å²) in [6.45, 7) is 4.58. The summed E-state index contributed by atoms with van der Waals surface area (Å²) >= 11 is 0. The standard InChI is InChI=1S/C7H15NO2.ClH/c1-6(2,9)7(8)3-4-10-5-7;/h9H,3-5,8H2,1-2H3;1H. The fraction of sp³-hybridized carbons (Fsp3) is 1.00. The molecule has 11 heavy (non-hydrogen) atoms. The SMILES string of the molecule is CC(C)(O)C1(N)CCOC1.Cl. The minimum absolute atomic E-state index is 0. The van der Waals surface area contributed by atoms with Crippen molar-refractivity contribution < 1.29 is 9.84 Å². The van der Waals surface area contributed by atoms with Crippen LogP contribution < -0.4 is 5.73 Å². The summed E-state index contributed by atoms with van der Waals surface area (Å²) in [7, 11) is 0. The molecule has 1 unspecified atom stereocenters. The van der Waals surface area contributed by atoms with E-state index in [2.05, 4.69) is 0 Å². The maximum absolute atomic E-state index is 9.57. The monoisotopic (exact) mass is 181 g/mol. The number of halogens is 1. The van der Waals surface area contributed by atoms with Crippen LogP contribution in [0.2, 0.25) is 0 Å². The Morgan fingerprint density at radius 3 is 2.27 bits per heavy atom. The molecule has 1 atom stereocenters. The molecule has 0 saturated carbocycles. The molecule has 1 aliphatic heterocycles. The van der Waals surface area contributed by atoms with Gasteiger partial charge < -0.3 is 15.6 Å². The van der Waals surface area contributed by atoms with Crippen molar-refractivity contribution in [3.63, 3.8) is 0 Å². The van der Waals surface area contributed by atoms with Crippen LogP contribution in [0.3, 0.4) is 0 Å². The highest BCUT2D eigenvalue weighted by Crippen LogP contribution is 2.27. The van der Waals surface area contributed by atoms with Gasteiger partial charge in [0.1, 0.15) is 0 Å². The van der Waals surface area contributed by atoms with Crippen molar-refractivity contribution in [2.45, 2.75) is 31.4 Å². The number of hydrogen-bond donors (Lipinski definition) is 2. The Bertz CT molecular complexity index is 127. The molecule has 3 N–H and O–H groups in total. The first-order chi connectivity index (χ1) is 4.46. The topological polar surface area (TPSA) is 55.5 Å². The van der Waals surface area contributed by atoms with Gasteiger partial charge in [0.15, 0.2) is 0 Å². The molecule has 1 saturated heterocycles. The molecule has 3 nitrogen and oxygen atoms in total. The number of ether oxygens (including phenoxy) is 1. The molecular weight excluding hydrogens is 166 g/mol. The number of aliphatic hydroxyl groups is 1. The van der Waals surface area contributed by atoms with Crippen molar-refractivity contribution in [2.24, 2.45) is 5.73 Å². The van der Waals surface area contributed by atoms with Crippen LogP contribution in [0, 0.1) is 0 Å². The molecule has 0 aliphatic carbocycles. The molecule has 0 aromatic heterocycles. The van der Waals surface area contributed by atoms with Gasteiger partial charge in [-0.25, -0.2) is 0 Å². The van der Waals surface area contributed by atoms with Crippen molar-refractivity contribution in [3.05, 3.63) is 0 Å². The van der Waals surface area contributed by atoms with Crippen molar-refractivity contribution in [3.8, 4) is 0 Å². The summed E-state index contributed by atoms with van der Waals surface area (Å²) in [6, 6.07) is 0. The normalized spacial score (nSPS) is 31.6. The molecular formula is C7H16ClNO2. The lowest BCUT2D eigenvalue weighted by atomic mass is 9.83. The third kappa shape index (κ3) is 2.06. The van der Waals surface area contributed by atoms with E-state index < -0.39 is 11.1 Å². The van der Waals surface area contributed by atoms with Crippen LogP contribution in [0.1, 0.15) is 20.3 Å². The Labute approximate surface area is 73.3 Å². The van der Waals surface area contributed by atoms with Gasteiger partial charge in [-0.15, -0.1) is 12.4 Å². The van der Waals surface area contributed by atoms with E-state index in [0.29, 0.717) is 13.2 Å². The van der Waals surface area contributed by atoms with Crippen LogP contribution >= 0.6 is 12.4 Å². The van der Waals surface area contributed by atoms with Gasteiger partial charge in [0, 0.05) is 6.61 Å². The first kappa shape index (κ1) is 11.2. The van der Waals surface area contributed by atoms with Gasteiger partial charge >= 0.3 is 0 Å². The van der Waals surface area contributed by atoms with E-state index in [9.17, 15) is 5.11 Å². The Kier molecular flexibility index (Phi) is 3.32. The largest absolute Gasteiger partial charge is 0.388 e. The molecule has 4 heteroatoms. The molecule has 0 amide bonds. The van der Waals surface area contributed by atoms with Crippen LogP contribution in [-0.4, -0.2) is 29.5 Å². The van der Waals surface area contributed by atoms with Crippen LogP contribution in [0.4, 0.5) is 0 Å². The maximum atomic E-state index is 9.57. The zero-order valence-corrected chi connectivity index (χ0v) is 7.78. The van der Waals surface area contributed by atoms with Crippen LogP contribution in [-0.2, 0) is 4.74 Å². The van der Waals surface area contributed by atoms with E-state index in [1.54, 1.807) is 13.8 Å². The molecule has 0 bridgehead atoms. The number of nitrogens with two attached hydrogens (primary N) is 1. The molecule has 0 aromatic carbocycles. The van der Waals surface area contributed by atoms with E-state index in [-0.39, 0.29) is 12.4 Å². The second kappa shape index (κ2) is 3.27. The van der Waals surface area contributed by atoms with Crippen molar-refractivity contribution in [2.75, 3.05) is 13.2 Å². The zero-order chi connectivity index (χ0) is 7.83. The lowest BCUT2D eigenvalue weighted by Crippen LogP contribution is -2.57. The fourth-order valence-electron chi connectivity index (χ4n) is 1.06. The molecule has 1 aliphatic rings. The average molecular weight is 182 g/mol. The van der Waals surface area contributed by atoms with Gasteiger partial charge in [0.25, 0.3) is 0 Å². The molecule has 1 heterocycles. The minimum atomic E-state index is -0.830. The lowest BCUT2D eigenvalue weighted by Gasteiger charge is -2.35. The molecule has 1 fully saturated rings. The van der Waals surface area contributed by atoms with Crippen molar-refractivity contribution in [1.29, 1.82) is 0 Å². The van der Waals surface area contributed by atoms with E-state index in [0.717, 1.165) is 6.42 Å². The molecule has 0 radical (unpaired) electrons. The Hall–Kier alpha value is 0.170. The predicted molar refractivity (Wildman–Crippen MR) is 45.9 cm³/mol. The Balaban J connectivity index is 0.000001000. The first-order valence-corrected chi connectivity index (χ1v) is 3.55. The fourth-order valence-corrected chi connectivity index (χ4v) is 1.06. The molecule has 0 spiro atoms. The predicted octanol–water partition coefficient (Wildman–Crippen LogP) is 0.297. The third-order valence-electron chi connectivity index (χ3n) is 2.27. The third-order valence-corrected chi connectivity index (χ3v) is 2.27. The lowest BCUT2D eigenvalue weighted by molar-refractivity contribution is -0.00704. The van der Waals surface area contributed by atoms with Crippen molar-refractivity contribution in [1.82, 2.24) is 0 Å². The average Bonchev–Trinajstić information content (AvgIpc) is 2.13. The number of rotatable bonds is 1. The highest BCUT2D eigenvalue weighted by molar-refractivity contribution is 5.85. The van der Waals surface area contributed by atoms with Crippen LogP contribution in [0.25, 0.3) is 0 Å². The minimum Gasteiger partial charge on any atom is -0.388 e. The summed E-state index contributed by atoms with van der Waals surface area (Å²) in [4.78, 5) is 0. The van der Waals surface area contributed by atoms with Crippen LogP contribution in [0.5, 0.6) is 0 Å². The van der Waals surface area contributed by atoms with E-state index in [1.807, 2.05) is 0 Å². The highest BCUT2D eigenvalue weighted by atomic mass is 35.5. The summed E-state index contributed by atoms with van der Waals surface area (Å²) in [5, 5.41) is 9.57. The smallest absolute Gasteiger partial charge is 0.0793 e. The van der Waals surface area contributed by atoms with Gasteiger partial charge in [0.05, 0.1) is 17.7 Å². The summed E-state index contributed by atoms with van der Waals surface area (Å²) < 4.78 is 5.10. The molecule has 68 valence electrons. The summed E-state index contributed by atoms with van der Waals surface area (Å²) in [5.74, 6) is 0. The highest BCUT2D eigenvalue weighted by Gasteiger charge is 2.43. The maximum Gasteiger partial charge on any atom is 0.0793 e. The van der Waals surface area contributed by atoms with Gasteiger partial charge in [0.2, 0.25) is 0 Å². The van der Waals surface area contributed by atoms with Gasteiger partial charge in [-0.1, -0.05) is 0 Å². The number of hydrogen-bond acceptors (Lipinski definition) is 3. The van der Waals surface area contributed by atoms with E-state index in [1.165, 1.54) is 0 Å². The van der Waals surface area contributed by atoms with Gasteiger partial charge in [-0.3, -0.25) is 0 Å². The second-order valence-electron chi connectivity index (χ2n) is 3.52. The Morgan fingerprint density at radius 2 is 2.09 bits per heavy atom.